The SMILES string of the molecule is CNC(=O)Nc1ccc2c(c1)CC[C@]21OC(=O)N(CC(=O)N2Cc3sccc3CC[C@H]2C2CC2)C1=O. The van der Waals surface area contributed by atoms with Crippen LogP contribution in [0.25, 0.3) is 0 Å². The predicted octanol–water partition coefficient (Wildman–Crippen LogP) is 3.37. The van der Waals surface area contributed by atoms with Crippen LogP contribution in [-0.4, -0.2) is 53.4 Å². The van der Waals surface area contributed by atoms with Crippen LogP contribution >= 0.6 is 11.3 Å². The van der Waals surface area contributed by atoms with Crippen molar-refractivity contribution in [1.82, 2.24) is 15.1 Å². The lowest BCUT2D eigenvalue weighted by molar-refractivity contribution is -0.143. The molecule has 3 heterocycles. The topological polar surface area (TPSA) is 108 Å². The average Bonchev–Trinajstić information content (AvgIpc) is 3.50. The second-order valence-corrected chi connectivity index (χ2v) is 11.0. The van der Waals surface area contributed by atoms with E-state index in [2.05, 4.69) is 22.1 Å². The van der Waals surface area contributed by atoms with Gasteiger partial charge in [0.25, 0.3) is 5.91 Å². The molecule has 9 nitrogen and oxygen atoms in total. The molecular weight excluding hydrogens is 480 g/mol. The van der Waals surface area contributed by atoms with Crippen LogP contribution in [0.1, 0.15) is 47.3 Å². The van der Waals surface area contributed by atoms with Crippen molar-refractivity contribution in [2.45, 2.75) is 56.7 Å². The zero-order valence-corrected chi connectivity index (χ0v) is 20.9. The Labute approximate surface area is 212 Å². The van der Waals surface area contributed by atoms with E-state index in [9.17, 15) is 19.2 Å². The van der Waals surface area contributed by atoms with Crippen molar-refractivity contribution in [3.63, 3.8) is 0 Å². The Morgan fingerprint density at radius 2 is 1.97 bits per heavy atom. The van der Waals surface area contributed by atoms with E-state index in [1.54, 1.807) is 29.5 Å². The van der Waals surface area contributed by atoms with Crippen molar-refractivity contribution in [1.29, 1.82) is 0 Å². The van der Waals surface area contributed by atoms with E-state index < -0.39 is 17.6 Å². The average molecular weight is 509 g/mol. The normalized spacial score (nSPS) is 24.9. The third-order valence-electron chi connectivity index (χ3n) is 7.89. The van der Waals surface area contributed by atoms with E-state index >= 15 is 0 Å². The zero-order valence-electron chi connectivity index (χ0n) is 20.0. The molecule has 2 aliphatic carbocycles. The van der Waals surface area contributed by atoms with Gasteiger partial charge in [-0.05, 0) is 72.7 Å². The van der Waals surface area contributed by atoms with E-state index in [4.69, 9.17) is 4.74 Å². The second-order valence-electron chi connectivity index (χ2n) is 10.00. The Kier molecular flexibility index (Phi) is 5.51. The molecule has 4 aliphatic rings. The molecule has 1 saturated carbocycles. The summed E-state index contributed by atoms with van der Waals surface area (Å²) in [7, 11) is 1.53. The van der Waals surface area contributed by atoms with Crippen LogP contribution in [0.4, 0.5) is 15.3 Å². The molecule has 36 heavy (non-hydrogen) atoms. The summed E-state index contributed by atoms with van der Waals surface area (Å²) in [6, 6.07) is 7.13. The Morgan fingerprint density at radius 3 is 2.75 bits per heavy atom. The highest BCUT2D eigenvalue weighted by molar-refractivity contribution is 7.10. The maximum atomic E-state index is 13.6. The number of imide groups is 1. The number of urea groups is 1. The number of anilines is 1. The lowest BCUT2D eigenvalue weighted by atomic mass is 9.94. The number of aryl methyl sites for hydroxylation is 2. The molecule has 10 heteroatoms. The quantitative estimate of drug-likeness (QED) is 0.658. The van der Waals surface area contributed by atoms with Crippen molar-refractivity contribution in [3.8, 4) is 0 Å². The van der Waals surface area contributed by atoms with E-state index in [0.29, 0.717) is 36.6 Å². The molecule has 1 aromatic carbocycles. The number of carbonyl (C=O) groups excluding carboxylic acids is 4. The maximum absolute atomic E-state index is 13.6. The Morgan fingerprint density at radius 1 is 1.14 bits per heavy atom. The molecule has 2 N–H and O–H groups in total. The van der Waals surface area contributed by atoms with Gasteiger partial charge in [-0.2, -0.15) is 0 Å². The maximum Gasteiger partial charge on any atom is 0.418 e. The van der Waals surface area contributed by atoms with Gasteiger partial charge in [0, 0.05) is 35.6 Å². The van der Waals surface area contributed by atoms with Crippen LogP contribution in [0.15, 0.2) is 29.6 Å². The third-order valence-corrected chi connectivity index (χ3v) is 8.83. The summed E-state index contributed by atoms with van der Waals surface area (Å²) in [4.78, 5) is 55.8. The fraction of sp³-hybridized carbons (Fsp3) is 0.462. The van der Waals surface area contributed by atoms with E-state index in [1.165, 1.54) is 17.5 Å². The van der Waals surface area contributed by atoms with Crippen molar-refractivity contribution in [3.05, 3.63) is 51.2 Å². The summed E-state index contributed by atoms with van der Waals surface area (Å²) in [5.74, 6) is -0.199. The van der Waals surface area contributed by atoms with E-state index in [0.717, 1.165) is 36.1 Å². The van der Waals surface area contributed by atoms with Crippen molar-refractivity contribution >= 4 is 41.0 Å². The summed E-state index contributed by atoms with van der Waals surface area (Å²) in [5, 5.41) is 7.28. The van der Waals surface area contributed by atoms with Crippen molar-refractivity contribution in [2.75, 3.05) is 18.9 Å². The number of fused-ring (bicyclic) bond motifs is 3. The summed E-state index contributed by atoms with van der Waals surface area (Å²) in [6.45, 7) is 0.216. The minimum absolute atomic E-state index is 0.137. The highest BCUT2D eigenvalue weighted by Crippen LogP contribution is 2.46. The van der Waals surface area contributed by atoms with Gasteiger partial charge in [-0.1, -0.05) is 6.07 Å². The molecule has 2 fully saturated rings. The molecule has 0 unspecified atom stereocenters. The Balaban J connectivity index is 1.22. The highest BCUT2D eigenvalue weighted by atomic mass is 32.1. The number of amides is 5. The number of nitrogens with zero attached hydrogens (tertiary/aromatic N) is 2. The van der Waals surface area contributed by atoms with Crippen LogP contribution in [-0.2, 0) is 39.3 Å². The second kappa shape index (κ2) is 8.62. The fourth-order valence-electron chi connectivity index (χ4n) is 5.85. The molecule has 1 spiro atoms. The molecular formula is C26H28N4O5S. The van der Waals surface area contributed by atoms with Gasteiger partial charge < -0.3 is 20.3 Å². The number of hydrogen-bond donors (Lipinski definition) is 2. The monoisotopic (exact) mass is 508 g/mol. The summed E-state index contributed by atoms with van der Waals surface area (Å²) in [6.07, 6.45) is 4.15. The minimum atomic E-state index is -1.41. The van der Waals surface area contributed by atoms with Gasteiger partial charge in [-0.25, -0.2) is 14.5 Å². The molecule has 188 valence electrons. The first kappa shape index (κ1) is 23.0. The number of rotatable bonds is 4. The van der Waals surface area contributed by atoms with Crippen LogP contribution in [0.5, 0.6) is 0 Å². The molecule has 2 aromatic rings. The number of benzene rings is 1. The zero-order chi connectivity index (χ0) is 25.0. The van der Waals surface area contributed by atoms with Crippen LogP contribution in [0.2, 0.25) is 0 Å². The number of ether oxygens (including phenoxy) is 1. The lowest BCUT2D eigenvalue weighted by Gasteiger charge is -2.31. The van der Waals surface area contributed by atoms with Gasteiger partial charge in [-0.3, -0.25) is 9.59 Å². The Hall–Kier alpha value is -3.40. The number of hydrogen-bond acceptors (Lipinski definition) is 6. The first-order valence-electron chi connectivity index (χ1n) is 12.4. The molecule has 2 aliphatic heterocycles. The first-order valence-corrected chi connectivity index (χ1v) is 13.3. The summed E-state index contributed by atoms with van der Waals surface area (Å²) < 4.78 is 5.72. The number of nitrogens with one attached hydrogen (secondary N) is 2. The molecule has 0 bridgehead atoms. The van der Waals surface area contributed by atoms with Gasteiger partial charge in [-0.15, -0.1) is 11.3 Å². The molecule has 0 radical (unpaired) electrons. The van der Waals surface area contributed by atoms with Gasteiger partial charge in [0.2, 0.25) is 11.5 Å². The van der Waals surface area contributed by atoms with Gasteiger partial charge in [0.05, 0.1) is 6.54 Å². The summed E-state index contributed by atoms with van der Waals surface area (Å²) in [5.41, 5.74) is 1.93. The van der Waals surface area contributed by atoms with Crippen molar-refractivity contribution < 1.29 is 23.9 Å². The van der Waals surface area contributed by atoms with Gasteiger partial charge in [0.15, 0.2) is 0 Å². The minimum Gasteiger partial charge on any atom is -0.427 e. The number of thiophene rings is 1. The first-order chi connectivity index (χ1) is 17.4. The lowest BCUT2D eigenvalue weighted by Crippen LogP contribution is -2.48. The molecule has 5 amide bonds. The molecule has 6 rings (SSSR count). The van der Waals surface area contributed by atoms with Crippen molar-refractivity contribution in [2.24, 2.45) is 5.92 Å². The van der Waals surface area contributed by atoms with Crippen LogP contribution in [0.3, 0.4) is 0 Å². The standard InChI is InChI=1S/C26H28N4O5S/c1-27-24(33)28-18-5-6-19-17(12-18)8-10-26(19)23(32)30(25(34)35-26)14-22(31)29-13-21-16(9-11-36-21)4-7-20(29)15-2-3-15/h5-6,9,11-12,15,20H,2-4,7-8,10,13-14H2,1H3,(H2,27,28,33)/t20-,26-/m0/s1. The smallest absolute Gasteiger partial charge is 0.418 e. The third kappa shape index (κ3) is 3.75. The largest absolute Gasteiger partial charge is 0.427 e. The molecule has 1 saturated heterocycles. The van der Waals surface area contributed by atoms with Gasteiger partial charge in [0.1, 0.15) is 6.54 Å². The Bertz CT molecular complexity index is 1270. The number of carbonyl (C=O) groups is 4. The summed E-state index contributed by atoms with van der Waals surface area (Å²) >= 11 is 1.66. The van der Waals surface area contributed by atoms with Gasteiger partial charge >= 0.3 is 12.1 Å². The molecule has 2 atom stereocenters. The van der Waals surface area contributed by atoms with Crippen LogP contribution < -0.4 is 10.6 Å². The van der Waals surface area contributed by atoms with Crippen LogP contribution in [0, 0.1) is 5.92 Å². The molecule has 1 aromatic heterocycles. The van der Waals surface area contributed by atoms with E-state index in [-0.39, 0.29) is 24.5 Å². The fourth-order valence-corrected chi connectivity index (χ4v) is 6.79. The van der Waals surface area contributed by atoms with E-state index in [1.807, 2.05) is 4.90 Å². The predicted molar refractivity (Wildman–Crippen MR) is 132 cm³/mol. The highest BCUT2D eigenvalue weighted by Gasteiger charge is 2.58.